The minimum Gasteiger partial charge on any atom is -0.504 e. The number of hydrogen-bond acceptors (Lipinski definition) is 4. The standard InChI is InChI=1S/C11H12O4/c1-11(2)5-8(13)6-3-4-7(12)9(14)10(6)15-11/h3-4,12,14H,5H2,1-2H3. The van der Waals surface area contributed by atoms with Crippen LogP contribution < -0.4 is 4.74 Å². The summed E-state index contributed by atoms with van der Waals surface area (Å²) in [4.78, 5) is 11.7. The van der Waals surface area contributed by atoms with Gasteiger partial charge in [0.15, 0.2) is 17.3 Å². The van der Waals surface area contributed by atoms with E-state index in [1.165, 1.54) is 12.1 Å². The third-order valence-corrected chi connectivity index (χ3v) is 2.38. The van der Waals surface area contributed by atoms with Crippen molar-refractivity contribution < 1.29 is 19.7 Å². The molecule has 4 heteroatoms. The number of rotatable bonds is 0. The minimum atomic E-state index is -0.643. The van der Waals surface area contributed by atoms with Crippen molar-refractivity contribution in [2.45, 2.75) is 25.9 Å². The molecule has 0 amide bonds. The molecule has 0 atom stereocenters. The number of phenols is 2. The molecule has 0 bridgehead atoms. The Kier molecular flexibility index (Phi) is 1.89. The number of benzene rings is 1. The Labute approximate surface area is 87.1 Å². The highest BCUT2D eigenvalue weighted by Gasteiger charge is 2.34. The summed E-state index contributed by atoms with van der Waals surface area (Å²) in [5.74, 6) is -0.652. The van der Waals surface area contributed by atoms with Crippen LogP contribution in [0, 0.1) is 0 Å². The molecule has 0 unspecified atom stereocenters. The van der Waals surface area contributed by atoms with Gasteiger partial charge in [-0.25, -0.2) is 0 Å². The summed E-state index contributed by atoms with van der Waals surface area (Å²) < 4.78 is 5.47. The summed E-state index contributed by atoms with van der Waals surface area (Å²) in [7, 11) is 0. The molecular weight excluding hydrogens is 196 g/mol. The van der Waals surface area contributed by atoms with E-state index in [0.717, 1.165) is 0 Å². The lowest BCUT2D eigenvalue weighted by atomic mass is 9.93. The van der Waals surface area contributed by atoms with Gasteiger partial charge in [0, 0.05) is 0 Å². The van der Waals surface area contributed by atoms with Crippen LogP contribution in [0.1, 0.15) is 30.6 Å². The van der Waals surface area contributed by atoms with Crippen LogP contribution in [0.25, 0.3) is 0 Å². The quantitative estimate of drug-likeness (QED) is 0.638. The molecular formula is C11H12O4. The van der Waals surface area contributed by atoms with Gasteiger partial charge in [-0.05, 0) is 26.0 Å². The van der Waals surface area contributed by atoms with Crippen LogP contribution in [0.5, 0.6) is 17.2 Å². The highest BCUT2D eigenvalue weighted by molar-refractivity contribution is 6.01. The van der Waals surface area contributed by atoms with Crippen LogP contribution in [-0.2, 0) is 0 Å². The second-order valence-corrected chi connectivity index (χ2v) is 4.27. The fourth-order valence-electron chi connectivity index (χ4n) is 1.68. The zero-order chi connectivity index (χ0) is 11.2. The van der Waals surface area contributed by atoms with E-state index in [0.29, 0.717) is 5.56 Å². The number of fused-ring (bicyclic) bond motifs is 1. The fourth-order valence-corrected chi connectivity index (χ4v) is 1.68. The number of aromatic hydroxyl groups is 2. The average molecular weight is 208 g/mol. The maximum Gasteiger partial charge on any atom is 0.201 e. The second kappa shape index (κ2) is 2.89. The SMILES string of the molecule is CC1(C)CC(=O)c2ccc(O)c(O)c2O1. The molecule has 4 nitrogen and oxygen atoms in total. The number of ketones is 1. The Hall–Kier alpha value is -1.71. The van der Waals surface area contributed by atoms with E-state index >= 15 is 0 Å². The molecule has 2 rings (SSSR count). The largest absolute Gasteiger partial charge is 0.504 e. The molecule has 15 heavy (non-hydrogen) atoms. The van der Waals surface area contributed by atoms with Crippen LogP contribution in [0.2, 0.25) is 0 Å². The van der Waals surface area contributed by atoms with Gasteiger partial charge in [-0.15, -0.1) is 0 Å². The minimum absolute atomic E-state index is 0.0799. The van der Waals surface area contributed by atoms with Gasteiger partial charge in [-0.3, -0.25) is 4.79 Å². The first-order valence-electron chi connectivity index (χ1n) is 4.68. The smallest absolute Gasteiger partial charge is 0.201 e. The van der Waals surface area contributed by atoms with E-state index in [-0.39, 0.29) is 29.5 Å². The summed E-state index contributed by atoms with van der Waals surface area (Å²) in [5.41, 5.74) is -0.320. The van der Waals surface area contributed by atoms with Crippen molar-refractivity contribution in [3.05, 3.63) is 17.7 Å². The van der Waals surface area contributed by atoms with Crippen molar-refractivity contribution in [1.29, 1.82) is 0 Å². The Morgan fingerprint density at radius 2 is 2.00 bits per heavy atom. The zero-order valence-electron chi connectivity index (χ0n) is 8.57. The topological polar surface area (TPSA) is 66.8 Å². The third kappa shape index (κ3) is 1.52. The molecule has 1 heterocycles. The number of Topliss-reactive ketones (excluding diaryl/α,β-unsaturated/α-hetero) is 1. The van der Waals surface area contributed by atoms with E-state index in [1.807, 2.05) is 0 Å². The van der Waals surface area contributed by atoms with E-state index < -0.39 is 5.60 Å². The number of carbonyl (C=O) groups is 1. The van der Waals surface area contributed by atoms with Crippen molar-refractivity contribution in [3.63, 3.8) is 0 Å². The molecule has 80 valence electrons. The maximum absolute atomic E-state index is 11.7. The molecule has 0 saturated heterocycles. The van der Waals surface area contributed by atoms with E-state index in [4.69, 9.17) is 4.74 Å². The van der Waals surface area contributed by atoms with Gasteiger partial charge >= 0.3 is 0 Å². The van der Waals surface area contributed by atoms with E-state index in [1.54, 1.807) is 13.8 Å². The molecule has 0 radical (unpaired) electrons. The van der Waals surface area contributed by atoms with Crippen LogP contribution in [0.3, 0.4) is 0 Å². The first-order chi connectivity index (χ1) is 6.91. The fraction of sp³-hybridized carbons (Fsp3) is 0.364. The Bertz CT molecular complexity index is 434. The lowest BCUT2D eigenvalue weighted by Crippen LogP contribution is -2.35. The van der Waals surface area contributed by atoms with Crippen LogP contribution >= 0.6 is 0 Å². The van der Waals surface area contributed by atoms with Gasteiger partial charge in [0.2, 0.25) is 5.75 Å². The number of carbonyl (C=O) groups excluding carboxylic acids is 1. The summed E-state index contributed by atoms with van der Waals surface area (Å²) in [6.07, 6.45) is 0.268. The summed E-state index contributed by atoms with van der Waals surface area (Å²) >= 11 is 0. The van der Waals surface area contributed by atoms with Crippen molar-refractivity contribution in [2.24, 2.45) is 0 Å². The van der Waals surface area contributed by atoms with Gasteiger partial charge in [-0.1, -0.05) is 0 Å². The van der Waals surface area contributed by atoms with Crippen LogP contribution in [0.4, 0.5) is 0 Å². The summed E-state index contributed by atoms with van der Waals surface area (Å²) in [5, 5.41) is 18.9. The summed E-state index contributed by atoms with van der Waals surface area (Å²) in [6, 6.07) is 2.75. The Morgan fingerprint density at radius 3 is 2.67 bits per heavy atom. The molecule has 2 N–H and O–H groups in total. The van der Waals surface area contributed by atoms with Gasteiger partial charge < -0.3 is 14.9 Å². The van der Waals surface area contributed by atoms with Gasteiger partial charge in [0.25, 0.3) is 0 Å². The highest BCUT2D eigenvalue weighted by atomic mass is 16.5. The Morgan fingerprint density at radius 1 is 1.33 bits per heavy atom. The molecule has 0 aliphatic carbocycles. The van der Waals surface area contributed by atoms with Gasteiger partial charge in [0.05, 0.1) is 12.0 Å². The lowest BCUT2D eigenvalue weighted by Gasteiger charge is -2.31. The number of phenolic OH excluding ortho intramolecular Hbond substituents is 2. The number of ether oxygens (including phenoxy) is 1. The van der Waals surface area contributed by atoms with Crippen molar-refractivity contribution in [2.75, 3.05) is 0 Å². The predicted molar refractivity (Wildman–Crippen MR) is 53.4 cm³/mol. The van der Waals surface area contributed by atoms with Gasteiger partial charge in [0.1, 0.15) is 5.60 Å². The monoisotopic (exact) mass is 208 g/mol. The van der Waals surface area contributed by atoms with Crippen molar-refractivity contribution >= 4 is 5.78 Å². The van der Waals surface area contributed by atoms with Crippen molar-refractivity contribution in [1.82, 2.24) is 0 Å². The molecule has 1 aliphatic rings. The molecule has 0 spiro atoms. The van der Waals surface area contributed by atoms with Crippen LogP contribution in [0.15, 0.2) is 12.1 Å². The molecule has 0 fully saturated rings. The first-order valence-corrected chi connectivity index (χ1v) is 4.68. The maximum atomic E-state index is 11.7. The van der Waals surface area contributed by atoms with Crippen LogP contribution in [-0.4, -0.2) is 21.6 Å². The Balaban J connectivity index is 2.61. The normalized spacial score (nSPS) is 18.1. The molecule has 0 saturated carbocycles. The van der Waals surface area contributed by atoms with Gasteiger partial charge in [-0.2, -0.15) is 0 Å². The molecule has 1 aromatic rings. The lowest BCUT2D eigenvalue weighted by molar-refractivity contribution is 0.0599. The third-order valence-electron chi connectivity index (χ3n) is 2.38. The molecule has 0 aromatic heterocycles. The summed E-state index contributed by atoms with van der Waals surface area (Å²) in [6.45, 7) is 3.52. The zero-order valence-corrected chi connectivity index (χ0v) is 8.57. The predicted octanol–water partition coefficient (Wildman–Crippen LogP) is 1.84. The first kappa shape index (κ1) is 9.83. The molecule has 1 aromatic carbocycles. The van der Waals surface area contributed by atoms with E-state index in [9.17, 15) is 15.0 Å². The number of hydrogen-bond donors (Lipinski definition) is 2. The van der Waals surface area contributed by atoms with Crippen molar-refractivity contribution in [3.8, 4) is 17.2 Å². The average Bonchev–Trinajstić information content (AvgIpc) is 2.10. The second-order valence-electron chi connectivity index (χ2n) is 4.27. The highest BCUT2D eigenvalue weighted by Crippen LogP contribution is 2.43. The molecule has 1 aliphatic heterocycles. The van der Waals surface area contributed by atoms with E-state index in [2.05, 4.69) is 0 Å².